The van der Waals surface area contributed by atoms with Crippen molar-refractivity contribution in [3.8, 4) is 0 Å². The monoisotopic (exact) mass is 362 g/mol. The molecule has 0 saturated carbocycles. The Morgan fingerprint density at radius 2 is 1.52 bits per heavy atom. The van der Waals surface area contributed by atoms with Crippen LogP contribution >= 0.6 is 0 Å². The number of hydrogen-bond acceptors (Lipinski definition) is 7. The van der Waals surface area contributed by atoms with E-state index in [0.717, 1.165) is 0 Å². The molecule has 11 nitrogen and oxygen atoms in total. The second-order valence-electron chi connectivity index (χ2n) is 5.47. The van der Waals surface area contributed by atoms with Crippen LogP contribution in [0.4, 0.5) is 0 Å². The third kappa shape index (κ3) is 9.59. The van der Waals surface area contributed by atoms with Gasteiger partial charge < -0.3 is 37.4 Å². The van der Waals surface area contributed by atoms with E-state index in [-0.39, 0.29) is 12.8 Å². The first-order valence-corrected chi connectivity index (χ1v) is 7.84. The smallest absolute Gasteiger partial charge is 0.326 e. The summed E-state index contributed by atoms with van der Waals surface area (Å²) in [7, 11) is 0. The van der Waals surface area contributed by atoms with E-state index in [0.29, 0.717) is 19.4 Å². The molecule has 0 radical (unpaired) electrons. The summed E-state index contributed by atoms with van der Waals surface area (Å²) >= 11 is 0. The zero-order chi connectivity index (χ0) is 19.4. The predicted molar refractivity (Wildman–Crippen MR) is 86.3 cm³/mol. The average Bonchev–Trinajstić information content (AvgIpc) is 2.56. The first-order chi connectivity index (χ1) is 11.7. The number of hydrogen-bond donors (Lipinski definition) is 7. The topological polar surface area (TPSA) is 205 Å². The fourth-order valence-corrected chi connectivity index (χ4v) is 1.92. The van der Waals surface area contributed by atoms with Crippen molar-refractivity contribution in [2.75, 3.05) is 13.2 Å². The maximum Gasteiger partial charge on any atom is 0.326 e. The van der Waals surface area contributed by atoms with Gasteiger partial charge in [-0.15, -0.1) is 0 Å². The normalized spacial score (nSPS) is 14.2. The molecule has 0 aliphatic carbocycles. The van der Waals surface area contributed by atoms with Gasteiger partial charge in [-0.3, -0.25) is 14.4 Å². The van der Waals surface area contributed by atoms with E-state index < -0.39 is 54.9 Å². The Hall–Kier alpha value is -2.24. The second kappa shape index (κ2) is 12.2. The predicted octanol–water partition coefficient (Wildman–Crippen LogP) is -2.65. The zero-order valence-electron chi connectivity index (χ0n) is 13.8. The van der Waals surface area contributed by atoms with Crippen molar-refractivity contribution < 1.29 is 34.5 Å². The first kappa shape index (κ1) is 22.8. The highest BCUT2D eigenvalue weighted by atomic mass is 16.4. The molecule has 25 heavy (non-hydrogen) atoms. The number of carbonyl (C=O) groups excluding carboxylic acids is 2. The molecular weight excluding hydrogens is 336 g/mol. The maximum absolute atomic E-state index is 12.2. The molecule has 0 aromatic carbocycles. The second-order valence-corrected chi connectivity index (χ2v) is 5.47. The number of carboxylic acids is 2. The zero-order valence-corrected chi connectivity index (χ0v) is 13.8. The summed E-state index contributed by atoms with van der Waals surface area (Å²) in [4.78, 5) is 45.9. The molecular formula is C14H26N4O7. The van der Waals surface area contributed by atoms with E-state index in [9.17, 15) is 19.2 Å². The number of carbonyl (C=O) groups is 4. The number of aliphatic carboxylic acids is 2. The number of amides is 2. The maximum atomic E-state index is 12.2. The highest BCUT2D eigenvalue weighted by Crippen LogP contribution is 2.04. The Kier molecular flexibility index (Phi) is 11.1. The lowest BCUT2D eigenvalue weighted by atomic mass is 10.1. The number of nitrogens with one attached hydrogen (secondary N) is 2. The van der Waals surface area contributed by atoms with Crippen LogP contribution in [0.2, 0.25) is 0 Å². The molecule has 11 heteroatoms. The van der Waals surface area contributed by atoms with Gasteiger partial charge in [0.25, 0.3) is 0 Å². The minimum absolute atomic E-state index is 0.147. The fourth-order valence-electron chi connectivity index (χ4n) is 1.92. The van der Waals surface area contributed by atoms with E-state index in [2.05, 4.69) is 10.6 Å². The van der Waals surface area contributed by atoms with Gasteiger partial charge in [-0.2, -0.15) is 0 Å². The summed E-state index contributed by atoms with van der Waals surface area (Å²) in [5.41, 5.74) is 10.7. The molecule has 0 heterocycles. The molecule has 0 bridgehead atoms. The van der Waals surface area contributed by atoms with Crippen LogP contribution in [0.3, 0.4) is 0 Å². The third-order valence-electron chi connectivity index (χ3n) is 3.37. The van der Waals surface area contributed by atoms with Gasteiger partial charge in [0.15, 0.2) is 0 Å². The van der Waals surface area contributed by atoms with Crippen molar-refractivity contribution in [2.45, 2.75) is 50.2 Å². The molecule has 0 aliphatic heterocycles. The Balaban J connectivity index is 4.94. The third-order valence-corrected chi connectivity index (χ3v) is 3.37. The minimum Gasteiger partial charge on any atom is -0.481 e. The molecule has 0 spiro atoms. The number of aliphatic hydroxyl groups is 1. The molecule has 0 fully saturated rings. The molecule has 0 saturated heterocycles. The Labute approximate surface area is 144 Å². The van der Waals surface area contributed by atoms with Gasteiger partial charge >= 0.3 is 11.9 Å². The van der Waals surface area contributed by atoms with E-state index in [4.69, 9.17) is 26.8 Å². The molecule has 3 atom stereocenters. The fraction of sp³-hybridized carbons (Fsp3) is 0.714. The highest BCUT2D eigenvalue weighted by molar-refractivity contribution is 5.92. The Morgan fingerprint density at radius 1 is 0.920 bits per heavy atom. The van der Waals surface area contributed by atoms with Crippen LogP contribution in [0.1, 0.15) is 32.1 Å². The molecule has 0 aromatic rings. The summed E-state index contributed by atoms with van der Waals surface area (Å²) < 4.78 is 0. The van der Waals surface area contributed by atoms with Crippen LogP contribution in [0.25, 0.3) is 0 Å². The van der Waals surface area contributed by atoms with Crippen molar-refractivity contribution in [1.82, 2.24) is 10.6 Å². The summed E-state index contributed by atoms with van der Waals surface area (Å²) in [6.45, 7) is -0.271. The summed E-state index contributed by atoms with van der Waals surface area (Å²) in [6.07, 6.45) is 0.547. The van der Waals surface area contributed by atoms with Gasteiger partial charge in [0, 0.05) is 6.42 Å². The van der Waals surface area contributed by atoms with Crippen LogP contribution < -0.4 is 22.1 Å². The van der Waals surface area contributed by atoms with Gasteiger partial charge in [0.05, 0.1) is 6.61 Å². The van der Waals surface area contributed by atoms with Crippen LogP contribution in [0.15, 0.2) is 0 Å². The van der Waals surface area contributed by atoms with Gasteiger partial charge in [-0.05, 0) is 32.2 Å². The van der Waals surface area contributed by atoms with Crippen LogP contribution in [0, 0.1) is 0 Å². The van der Waals surface area contributed by atoms with E-state index in [1.54, 1.807) is 0 Å². The lowest BCUT2D eigenvalue weighted by Crippen LogP contribution is -2.55. The van der Waals surface area contributed by atoms with E-state index in [1.165, 1.54) is 0 Å². The van der Waals surface area contributed by atoms with Crippen LogP contribution in [0.5, 0.6) is 0 Å². The number of nitrogens with two attached hydrogens (primary N) is 2. The number of carboxylic acid groups (broad SMARTS) is 2. The molecule has 144 valence electrons. The van der Waals surface area contributed by atoms with Gasteiger partial charge in [-0.1, -0.05) is 0 Å². The van der Waals surface area contributed by atoms with Crippen LogP contribution in [-0.4, -0.2) is 70.3 Å². The molecule has 0 unspecified atom stereocenters. The quantitative estimate of drug-likeness (QED) is 0.171. The highest BCUT2D eigenvalue weighted by Gasteiger charge is 2.28. The van der Waals surface area contributed by atoms with Gasteiger partial charge in [-0.25, -0.2) is 4.79 Å². The molecule has 0 rings (SSSR count). The van der Waals surface area contributed by atoms with Crippen molar-refractivity contribution in [3.05, 3.63) is 0 Å². The number of rotatable bonds is 13. The largest absolute Gasteiger partial charge is 0.481 e. The Morgan fingerprint density at radius 3 is 2.00 bits per heavy atom. The SMILES string of the molecule is NCCCC[C@H](NC(=O)[C@H](CCC(=O)O)NC(=O)[C@@H](N)CO)C(=O)O. The Bertz CT molecular complexity index is 472. The van der Waals surface area contributed by atoms with Crippen LogP contribution in [-0.2, 0) is 19.2 Å². The standard InChI is InChI=1S/C14H26N4O7/c15-6-2-1-3-10(14(24)25)18-13(23)9(4-5-11(20)21)17-12(22)8(16)7-19/h8-10,19H,1-7,15-16H2,(H,17,22)(H,18,23)(H,20,21)(H,24,25)/t8-,9-,10-/m0/s1. The minimum atomic E-state index is -1.28. The number of aliphatic hydroxyl groups excluding tert-OH is 1. The molecule has 9 N–H and O–H groups in total. The molecule has 2 amide bonds. The van der Waals surface area contributed by atoms with Crippen molar-refractivity contribution in [3.63, 3.8) is 0 Å². The first-order valence-electron chi connectivity index (χ1n) is 7.84. The van der Waals surface area contributed by atoms with Gasteiger partial charge in [0.2, 0.25) is 11.8 Å². The molecule has 0 aromatic heterocycles. The lowest BCUT2D eigenvalue weighted by molar-refractivity contribution is -0.143. The van der Waals surface area contributed by atoms with Crippen molar-refractivity contribution >= 4 is 23.8 Å². The van der Waals surface area contributed by atoms with Crippen molar-refractivity contribution in [2.24, 2.45) is 11.5 Å². The molecule has 0 aliphatic rings. The van der Waals surface area contributed by atoms with Gasteiger partial charge in [0.1, 0.15) is 18.1 Å². The lowest BCUT2D eigenvalue weighted by Gasteiger charge is -2.22. The summed E-state index contributed by atoms with van der Waals surface area (Å²) in [5.74, 6) is -4.11. The number of unbranched alkanes of at least 4 members (excludes halogenated alkanes) is 1. The summed E-state index contributed by atoms with van der Waals surface area (Å²) in [6, 6.07) is -3.74. The summed E-state index contributed by atoms with van der Waals surface area (Å²) in [5, 5.41) is 31.2. The van der Waals surface area contributed by atoms with E-state index in [1.807, 2.05) is 0 Å². The van der Waals surface area contributed by atoms with Crippen molar-refractivity contribution in [1.29, 1.82) is 0 Å². The van der Waals surface area contributed by atoms with E-state index >= 15 is 0 Å². The average molecular weight is 362 g/mol.